The molecule has 2 aromatic heterocycles. The van der Waals surface area contributed by atoms with Crippen molar-refractivity contribution >= 4 is 26.9 Å². The highest BCUT2D eigenvalue weighted by Crippen LogP contribution is 2.13. The third-order valence-electron chi connectivity index (χ3n) is 1.58. The van der Waals surface area contributed by atoms with Gasteiger partial charge in [0.15, 0.2) is 5.65 Å². The number of hydrogen-bond donors (Lipinski definition) is 2. The molecule has 2 heterocycles. The van der Waals surface area contributed by atoms with Gasteiger partial charge in [-0.05, 0) is 6.07 Å². The van der Waals surface area contributed by atoms with Crippen molar-refractivity contribution in [2.45, 2.75) is 0 Å². The van der Waals surface area contributed by atoms with Gasteiger partial charge < -0.3 is 4.98 Å². The normalized spacial score (nSPS) is 11.8. The number of pyridine rings is 1. The molecule has 14 heavy (non-hydrogen) atoms. The molecule has 0 atom stereocenters. The van der Waals surface area contributed by atoms with E-state index in [1.54, 1.807) is 6.07 Å². The van der Waals surface area contributed by atoms with Crippen molar-refractivity contribution in [3.8, 4) is 0 Å². The zero-order valence-electron chi connectivity index (χ0n) is 7.35. The molecule has 2 aromatic rings. The van der Waals surface area contributed by atoms with Gasteiger partial charge in [0.05, 0.1) is 30.0 Å². The van der Waals surface area contributed by atoms with Gasteiger partial charge in [-0.15, -0.1) is 0 Å². The molecule has 0 saturated heterocycles. The van der Waals surface area contributed by atoms with Crippen LogP contribution in [-0.2, 0) is 10.0 Å². The lowest BCUT2D eigenvalue weighted by Gasteiger charge is -2.01. The van der Waals surface area contributed by atoms with Crippen LogP contribution in [0.15, 0.2) is 18.6 Å². The predicted octanol–water partition coefficient (Wildman–Crippen LogP) is 0.329. The number of rotatable bonds is 2. The third-order valence-corrected chi connectivity index (χ3v) is 2.18. The fourth-order valence-corrected chi connectivity index (χ4v) is 1.64. The van der Waals surface area contributed by atoms with Crippen LogP contribution in [0.25, 0.3) is 11.2 Å². The minimum atomic E-state index is -3.25. The molecule has 0 aliphatic carbocycles. The lowest BCUT2D eigenvalue weighted by Crippen LogP contribution is -2.09. The van der Waals surface area contributed by atoms with Gasteiger partial charge in [-0.2, -0.15) is 0 Å². The van der Waals surface area contributed by atoms with Crippen LogP contribution in [0, 0.1) is 0 Å². The number of anilines is 1. The van der Waals surface area contributed by atoms with Crippen LogP contribution < -0.4 is 4.72 Å². The summed E-state index contributed by atoms with van der Waals surface area (Å²) in [6.07, 6.45) is 4.01. The zero-order chi connectivity index (χ0) is 10.2. The van der Waals surface area contributed by atoms with Crippen molar-refractivity contribution in [2.75, 3.05) is 11.0 Å². The van der Waals surface area contributed by atoms with E-state index in [1.165, 1.54) is 12.5 Å². The number of nitrogens with zero attached hydrogens (tertiary/aromatic N) is 2. The molecule has 74 valence electrons. The number of hydrogen-bond acceptors (Lipinski definition) is 4. The van der Waals surface area contributed by atoms with Crippen molar-refractivity contribution in [1.29, 1.82) is 0 Å². The Bertz CT molecular complexity index is 560. The fourth-order valence-electron chi connectivity index (χ4n) is 1.10. The molecule has 0 bridgehead atoms. The summed E-state index contributed by atoms with van der Waals surface area (Å²) >= 11 is 0. The summed E-state index contributed by atoms with van der Waals surface area (Å²) in [5.41, 5.74) is 1.67. The molecule has 0 fully saturated rings. The van der Waals surface area contributed by atoms with Gasteiger partial charge in [0.1, 0.15) is 0 Å². The van der Waals surface area contributed by atoms with Gasteiger partial charge in [-0.25, -0.2) is 18.4 Å². The molecule has 2 N–H and O–H groups in total. The van der Waals surface area contributed by atoms with E-state index in [-0.39, 0.29) is 0 Å². The molecule has 2 rings (SSSR count). The average molecular weight is 212 g/mol. The Hall–Kier alpha value is -1.63. The van der Waals surface area contributed by atoms with Crippen LogP contribution in [0.1, 0.15) is 0 Å². The second kappa shape index (κ2) is 2.95. The van der Waals surface area contributed by atoms with E-state index in [9.17, 15) is 8.42 Å². The maximum Gasteiger partial charge on any atom is 0.229 e. The second-order valence-electron chi connectivity index (χ2n) is 2.87. The molecular formula is C7H8N4O2S. The minimum Gasteiger partial charge on any atom is -0.343 e. The van der Waals surface area contributed by atoms with Crippen LogP contribution in [0.2, 0.25) is 0 Å². The van der Waals surface area contributed by atoms with E-state index < -0.39 is 10.0 Å². The summed E-state index contributed by atoms with van der Waals surface area (Å²) < 4.78 is 24.1. The lowest BCUT2D eigenvalue weighted by molar-refractivity contribution is 0.607. The van der Waals surface area contributed by atoms with E-state index in [2.05, 4.69) is 19.7 Å². The predicted molar refractivity (Wildman–Crippen MR) is 52.4 cm³/mol. The van der Waals surface area contributed by atoms with Crippen molar-refractivity contribution in [3.05, 3.63) is 18.6 Å². The highest BCUT2D eigenvalue weighted by Gasteiger charge is 2.04. The Morgan fingerprint density at radius 2 is 2.21 bits per heavy atom. The summed E-state index contributed by atoms with van der Waals surface area (Å²) in [5.74, 6) is 0. The summed E-state index contributed by atoms with van der Waals surface area (Å²) in [6.45, 7) is 0. The van der Waals surface area contributed by atoms with E-state index in [1.807, 2.05) is 0 Å². The number of nitrogens with one attached hydrogen (secondary N) is 2. The lowest BCUT2D eigenvalue weighted by atomic mass is 10.4. The summed E-state index contributed by atoms with van der Waals surface area (Å²) in [5, 5.41) is 0. The largest absolute Gasteiger partial charge is 0.343 e. The first-order valence-electron chi connectivity index (χ1n) is 3.81. The van der Waals surface area contributed by atoms with Crippen LogP contribution >= 0.6 is 0 Å². The summed E-state index contributed by atoms with van der Waals surface area (Å²) in [6, 6.07) is 1.64. The van der Waals surface area contributed by atoms with E-state index in [4.69, 9.17) is 0 Å². The Kier molecular flexibility index (Phi) is 1.88. The molecule has 0 saturated carbocycles. The number of imidazole rings is 1. The quantitative estimate of drug-likeness (QED) is 0.750. The number of H-pyrrole nitrogens is 1. The first kappa shape index (κ1) is 8.95. The molecule has 0 aliphatic heterocycles. The number of aromatic amines is 1. The molecule has 6 nitrogen and oxygen atoms in total. The van der Waals surface area contributed by atoms with Crippen molar-refractivity contribution < 1.29 is 8.42 Å². The van der Waals surface area contributed by atoms with Gasteiger partial charge in [-0.1, -0.05) is 0 Å². The number of sulfonamides is 1. The number of fused-ring (bicyclic) bond motifs is 1. The zero-order valence-corrected chi connectivity index (χ0v) is 8.17. The Morgan fingerprint density at radius 3 is 2.93 bits per heavy atom. The monoisotopic (exact) mass is 212 g/mol. The Balaban J connectivity index is 2.44. The van der Waals surface area contributed by atoms with Crippen molar-refractivity contribution in [2.24, 2.45) is 0 Å². The van der Waals surface area contributed by atoms with Crippen LogP contribution in [0.4, 0.5) is 5.69 Å². The van der Waals surface area contributed by atoms with E-state index >= 15 is 0 Å². The Morgan fingerprint density at radius 1 is 1.43 bits per heavy atom. The minimum absolute atomic E-state index is 0.421. The first-order chi connectivity index (χ1) is 6.54. The van der Waals surface area contributed by atoms with Gasteiger partial charge in [0, 0.05) is 0 Å². The molecular weight excluding hydrogens is 204 g/mol. The highest BCUT2D eigenvalue weighted by molar-refractivity contribution is 7.92. The summed E-state index contributed by atoms with van der Waals surface area (Å²) in [4.78, 5) is 10.7. The van der Waals surface area contributed by atoms with Gasteiger partial charge >= 0.3 is 0 Å². The van der Waals surface area contributed by atoms with Gasteiger partial charge in [0.25, 0.3) is 0 Å². The summed E-state index contributed by atoms with van der Waals surface area (Å²) in [7, 11) is -3.25. The van der Waals surface area contributed by atoms with Crippen LogP contribution in [0.5, 0.6) is 0 Å². The molecule has 0 radical (unpaired) electrons. The average Bonchev–Trinajstić information content (AvgIpc) is 2.47. The van der Waals surface area contributed by atoms with E-state index in [0.29, 0.717) is 16.9 Å². The molecule has 7 heteroatoms. The van der Waals surface area contributed by atoms with Crippen molar-refractivity contribution in [1.82, 2.24) is 15.0 Å². The van der Waals surface area contributed by atoms with Crippen LogP contribution in [-0.4, -0.2) is 29.6 Å². The molecule has 0 aromatic carbocycles. The van der Waals surface area contributed by atoms with Gasteiger partial charge in [0.2, 0.25) is 10.0 Å². The van der Waals surface area contributed by atoms with Crippen molar-refractivity contribution in [3.63, 3.8) is 0 Å². The highest BCUT2D eigenvalue weighted by atomic mass is 32.2. The van der Waals surface area contributed by atoms with Crippen LogP contribution in [0.3, 0.4) is 0 Å². The fraction of sp³-hybridized carbons (Fsp3) is 0.143. The first-order valence-corrected chi connectivity index (χ1v) is 5.71. The molecule has 0 amide bonds. The maximum atomic E-state index is 10.9. The second-order valence-corrected chi connectivity index (χ2v) is 4.62. The smallest absolute Gasteiger partial charge is 0.229 e. The third kappa shape index (κ3) is 1.82. The number of aromatic nitrogens is 3. The molecule has 0 aliphatic rings. The molecule has 0 spiro atoms. The SMILES string of the molecule is CS(=O)(=O)Nc1cnc2nc[nH]c2c1. The van der Waals surface area contributed by atoms with Gasteiger partial charge in [-0.3, -0.25) is 4.72 Å². The van der Waals surface area contributed by atoms with E-state index in [0.717, 1.165) is 6.26 Å². The molecule has 0 unspecified atom stereocenters. The Labute approximate surface area is 80.4 Å². The maximum absolute atomic E-state index is 10.9. The topological polar surface area (TPSA) is 87.7 Å². The standard InChI is InChI=1S/C7H8N4O2S/c1-14(12,13)11-5-2-6-7(8-3-5)10-4-9-6/h2-4,11H,1H3,(H,8,9,10).